The molecule has 1 amide bonds. The van der Waals surface area contributed by atoms with Gasteiger partial charge in [-0.3, -0.25) is 4.79 Å². The number of alkyl halides is 1. The van der Waals surface area contributed by atoms with Crippen LogP contribution in [-0.2, 0) is 11.2 Å². The van der Waals surface area contributed by atoms with Crippen LogP contribution in [0.3, 0.4) is 0 Å². The van der Waals surface area contributed by atoms with Gasteiger partial charge in [-0.05, 0) is 30.9 Å². The molecule has 2 nitrogen and oxygen atoms in total. The number of carbonyl (C=O) groups excluding carboxylic acids is 1. The summed E-state index contributed by atoms with van der Waals surface area (Å²) < 4.78 is 13.6. The predicted molar refractivity (Wildman–Crippen MR) is 79.7 cm³/mol. The summed E-state index contributed by atoms with van der Waals surface area (Å²) in [4.78, 5) is 11.9. The predicted octanol–water partition coefficient (Wildman–Crippen LogP) is 3.94. The largest absolute Gasteiger partial charge is 0.355 e. The molecule has 20 heavy (non-hydrogen) atoms. The number of halogens is 3. The van der Waals surface area contributed by atoms with Crippen molar-refractivity contribution < 1.29 is 9.18 Å². The Morgan fingerprint density at radius 1 is 1.35 bits per heavy atom. The molecular formula is C15H18Cl2FNO. The number of hydrogen-bond donors (Lipinski definition) is 1. The summed E-state index contributed by atoms with van der Waals surface area (Å²) in [6.45, 7) is 0.555. The highest BCUT2D eigenvalue weighted by Crippen LogP contribution is 2.28. The maximum atomic E-state index is 13.6. The van der Waals surface area contributed by atoms with Gasteiger partial charge in [0.15, 0.2) is 0 Å². The van der Waals surface area contributed by atoms with Gasteiger partial charge in [-0.2, -0.15) is 0 Å². The van der Waals surface area contributed by atoms with Gasteiger partial charge in [-0.1, -0.05) is 30.5 Å². The molecule has 1 aliphatic rings. The van der Waals surface area contributed by atoms with Crippen molar-refractivity contribution in [1.82, 2.24) is 5.32 Å². The zero-order valence-corrected chi connectivity index (χ0v) is 12.7. The standard InChI is InChI=1S/C15H18Cl2FNO/c16-12-5-2-1-4-10(12)9-19-15(20)8-11-13(17)6-3-7-14(11)18/h3,6-7,10,12H,1-2,4-5,8-9H2,(H,19,20). The lowest BCUT2D eigenvalue weighted by Crippen LogP contribution is -2.35. The van der Waals surface area contributed by atoms with Crippen LogP contribution in [0.15, 0.2) is 18.2 Å². The molecule has 1 saturated carbocycles. The van der Waals surface area contributed by atoms with Crippen molar-refractivity contribution in [3.8, 4) is 0 Å². The van der Waals surface area contributed by atoms with E-state index < -0.39 is 5.82 Å². The molecule has 2 rings (SSSR count). The summed E-state index contributed by atoms with van der Waals surface area (Å²) in [5.74, 6) is -0.350. The molecule has 110 valence electrons. The minimum absolute atomic E-state index is 0.0365. The van der Waals surface area contributed by atoms with Crippen LogP contribution in [0, 0.1) is 11.7 Å². The third-order valence-corrected chi connectivity index (χ3v) is 4.71. The fraction of sp³-hybridized carbons (Fsp3) is 0.533. The first kappa shape index (κ1) is 15.6. The monoisotopic (exact) mass is 317 g/mol. The van der Waals surface area contributed by atoms with Gasteiger partial charge in [0.05, 0.1) is 6.42 Å². The Hall–Kier alpha value is -0.800. The minimum atomic E-state index is -0.444. The van der Waals surface area contributed by atoms with Gasteiger partial charge in [0.25, 0.3) is 0 Å². The smallest absolute Gasteiger partial charge is 0.224 e. The van der Waals surface area contributed by atoms with E-state index in [2.05, 4.69) is 5.32 Å². The van der Waals surface area contributed by atoms with Crippen molar-refractivity contribution in [1.29, 1.82) is 0 Å². The van der Waals surface area contributed by atoms with Crippen LogP contribution in [0.5, 0.6) is 0 Å². The van der Waals surface area contributed by atoms with Crippen LogP contribution in [0.1, 0.15) is 31.2 Å². The molecule has 2 unspecified atom stereocenters. The molecule has 1 N–H and O–H groups in total. The molecule has 1 aliphatic carbocycles. The van der Waals surface area contributed by atoms with Gasteiger partial charge < -0.3 is 5.32 Å². The van der Waals surface area contributed by atoms with Gasteiger partial charge in [0.2, 0.25) is 5.91 Å². The number of amides is 1. The third kappa shape index (κ3) is 4.10. The van der Waals surface area contributed by atoms with Crippen molar-refractivity contribution in [2.75, 3.05) is 6.54 Å². The quantitative estimate of drug-likeness (QED) is 0.837. The molecule has 0 aliphatic heterocycles. The molecule has 0 bridgehead atoms. The van der Waals surface area contributed by atoms with E-state index in [9.17, 15) is 9.18 Å². The zero-order valence-electron chi connectivity index (χ0n) is 11.2. The highest BCUT2D eigenvalue weighted by atomic mass is 35.5. The van der Waals surface area contributed by atoms with Gasteiger partial charge in [0.1, 0.15) is 5.82 Å². The third-order valence-electron chi connectivity index (χ3n) is 3.78. The Bertz CT molecular complexity index is 461. The average Bonchev–Trinajstić information content (AvgIpc) is 2.42. The molecule has 1 fully saturated rings. The van der Waals surface area contributed by atoms with E-state index in [1.54, 1.807) is 6.07 Å². The number of hydrogen-bond acceptors (Lipinski definition) is 1. The van der Waals surface area contributed by atoms with E-state index in [1.165, 1.54) is 12.1 Å². The second-order valence-electron chi connectivity index (χ2n) is 5.24. The van der Waals surface area contributed by atoms with Crippen LogP contribution in [-0.4, -0.2) is 17.8 Å². The summed E-state index contributed by atoms with van der Waals surface area (Å²) in [7, 11) is 0. The van der Waals surface area contributed by atoms with E-state index >= 15 is 0 Å². The van der Waals surface area contributed by atoms with E-state index in [0.29, 0.717) is 12.5 Å². The van der Waals surface area contributed by atoms with Gasteiger partial charge in [-0.25, -0.2) is 4.39 Å². The molecule has 2 atom stereocenters. The summed E-state index contributed by atoms with van der Waals surface area (Å²) in [5.41, 5.74) is 0.248. The minimum Gasteiger partial charge on any atom is -0.355 e. The van der Waals surface area contributed by atoms with Crippen LogP contribution < -0.4 is 5.32 Å². The van der Waals surface area contributed by atoms with Crippen molar-refractivity contribution in [3.63, 3.8) is 0 Å². The number of nitrogens with one attached hydrogen (secondary N) is 1. The first-order valence-corrected chi connectivity index (χ1v) is 7.73. The molecule has 1 aromatic rings. The van der Waals surface area contributed by atoms with Gasteiger partial charge in [-0.15, -0.1) is 11.6 Å². The van der Waals surface area contributed by atoms with Crippen molar-refractivity contribution in [3.05, 3.63) is 34.6 Å². The first-order valence-electron chi connectivity index (χ1n) is 6.91. The molecule has 0 radical (unpaired) electrons. The Labute approximate surface area is 128 Å². The van der Waals surface area contributed by atoms with E-state index in [1.807, 2.05) is 0 Å². The Balaban J connectivity index is 1.86. The van der Waals surface area contributed by atoms with Crippen molar-refractivity contribution in [2.45, 2.75) is 37.5 Å². The summed E-state index contributed by atoms with van der Waals surface area (Å²) in [5, 5.41) is 3.25. The van der Waals surface area contributed by atoms with E-state index in [4.69, 9.17) is 23.2 Å². The topological polar surface area (TPSA) is 29.1 Å². The molecule has 0 heterocycles. The normalized spacial score (nSPS) is 22.6. The van der Waals surface area contributed by atoms with Crippen molar-refractivity contribution in [2.24, 2.45) is 5.92 Å². The Morgan fingerprint density at radius 2 is 2.10 bits per heavy atom. The fourth-order valence-corrected chi connectivity index (χ4v) is 3.16. The summed E-state index contributed by atoms with van der Waals surface area (Å²) in [6.07, 6.45) is 4.31. The summed E-state index contributed by atoms with van der Waals surface area (Å²) >= 11 is 12.1. The van der Waals surface area contributed by atoms with Crippen LogP contribution in [0.4, 0.5) is 4.39 Å². The maximum Gasteiger partial charge on any atom is 0.224 e. The van der Waals surface area contributed by atoms with Crippen LogP contribution in [0.25, 0.3) is 0 Å². The van der Waals surface area contributed by atoms with Crippen LogP contribution >= 0.6 is 23.2 Å². The number of benzene rings is 1. The SMILES string of the molecule is O=C(Cc1c(F)cccc1Cl)NCC1CCCCC1Cl. The lowest BCUT2D eigenvalue weighted by atomic mass is 9.88. The molecule has 5 heteroatoms. The lowest BCUT2D eigenvalue weighted by molar-refractivity contribution is -0.120. The highest BCUT2D eigenvalue weighted by Gasteiger charge is 2.23. The number of rotatable bonds is 4. The fourth-order valence-electron chi connectivity index (χ4n) is 2.56. The molecule has 0 spiro atoms. The lowest BCUT2D eigenvalue weighted by Gasteiger charge is -2.27. The number of carbonyl (C=O) groups is 1. The molecule has 0 aromatic heterocycles. The Kier molecular flexibility index (Phi) is 5.67. The van der Waals surface area contributed by atoms with E-state index in [-0.39, 0.29) is 28.3 Å². The highest BCUT2D eigenvalue weighted by molar-refractivity contribution is 6.31. The Morgan fingerprint density at radius 3 is 2.80 bits per heavy atom. The first-order chi connectivity index (χ1) is 9.58. The average molecular weight is 318 g/mol. The van der Waals surface area contributed by atoms with Crippen LogP contribution in [0.2, 0.25) is 5.02 Å². The maximum absolute atomic E-state index is 13.6. The van der Waals surface area contributed by atoms with Gasteiger partial charge in [0, 0.05) is 22.5 Å². The molecular weight excluding hydrogens is 300 g/mol. The van der Waals surface area contributed by atoms with Crippen molar-refractivity contribution >= 4 is 29.1 Å². The second-order valence-corrected chi connectivity index (χ2v) is 6.21. The summed E-state index contributed by atoms with van der Waals surface area (Å²) in [6, 6.07) is 4.42. The molecule has 0 saturated heterocycles. The van der Waals surface area contributed by atoms with Gasteiger partial charge >= 0.3 is 0 Å². The van der Waals surface area contributed by atoms with E-state index in [0.717, 1.165) is 25.7 Å². The zero-order chi connectivity index (χ0) is 14.5. The second kappa shape index (κ2) is 7.28. The molecule has 1 aromatic carbocycles.